The zero-order valence-electron chi connectivity index (χ0n) is 13.4. The molecule has 122 valence electrons. The smallest absolute Gasteiger partial charge is 0.123 e. The van der Waals surface area contributed by atoms with Gasteiger partial charge in [0.05, 0.1) is 5.52 Å². The number of halogens is 1. The first-order valence-electron chi connectivity index (χ1n) is 8.27. The average molecular weight is 321 g/mol. The lowest BCUT2D eigenvalue weighted by Crippen LogP contribution is -2.28. The number of hydrogen-bond donors (Lipinski definition) is 1. The third-order valence-electron chi connectivity index (χ3n) is 4.85. The van der Waals surface area contributed by atoms with Crippen molar-refractivity contribution in [3.05, 3.63) is 77.7 Å². The summed E-state index contributed by atoms with van der Waals surface area (Å²) in [4.78, 5) is 6.89. The van der Waals surface area contributed by atoms with E-state index in [1.165, 1.54) is 17.7 Å². The first kappa shape index (κ1) is 15.2. The Labute approximate surface area is 140 Å². The molecule has 2 N–H and O–H groups in total. The second-order valence-electron chi connectivity index (χ2n) is 6.51. The number of benzene rings is 2. The molecule has 1 aromatic heterocycles. The fourth-order valence-corrected chi connectivity index (χ4v) is 3.64. The lowest BCUT2D eigenvalue weighted by atomic mass is 9.95. The SMILES string of the molecule is N[C@H]1CN(Cc2cccc3cccnc23)C[C@H]1c1ccc(F)cc1. The van der Waals surface area contributed by atoms with Gasteiger partial charge in [-0.2, -0.15) is 0 Å². The van der Waals surface area contributed by atoms with Crippen molar-refractivity contribution in [2.45, 2.75) is 18.5 Å². The molecule has 0 saturated carbocycles. The van der Waals surface area contributed by atoms with Crippen molar-refractivity contribution in [1.29, 1.82) is 0 Å². The monoisotopic (exact) mass is 321 g/mol. The largest absolute Gasteiger partial charge is 0.326 e. The number of pyridine rings is 1. The normalized spacial score (nSPS) is 21.4. The fourth-order valence-electron chi connectivity index (χ4n) is 3.64. The summed E-state index contributed by atoms with van der Waals surface area (Å²) in [6.45, 7) is 2.56. The van der Waals surface area contributed by atoms with E-state index in [2.05, 4.69) is 34.1 Å². The standard InChI is InChI=1S/C20H20FN3/c21-17-8-6-14(7-9-17)18-12-24(13-19(18)22)11-16-4-1-3-15-5-2-10-23-20(15)16/h1-10,18-19H,11-13,22H2/t18-,19-/m0/s1. The van der Waals surface area contributed by atoms with E-state index >= 15 is 0 Å². The topological polar surface area (TPSA) is 42.1 Å². The van der Waals surface area contributed by atoms with E-state index in [0.717, 1.165) is 36.1 Å². The molecule has 4 rings (SSSR count). The van der Waals surface area contributed by atoms with Gasteiger partial charge in [-0.05, 0) is 29.3 Å². The Morgan fingerprint density at radius 3 is 2.67 bits per heavy atom. The van der Waals surface area contributed by atoms with Crippen LogP contribution in [0, 0.1) is 5.82 Å². The molecule has 1 fully saturated rings. The van der Waals surface area contributed by atoms with E-state index in [9.17, 15) is 4.39 Å². The van der Waals surface area contributed by atoms with Crippen molar-refractivity contribution in [1.82, 2.24) is 9.88 Å². The molecule has 1 saturated heterocycles. The first-order valence-corrected chi connectivity index (χ1v) is 8.27. The van der Waals surface area contributed by atoms with Crippen molar-refractivity contribution in [3.63, 3.8) is 0 Å². The summed E-state index contributed by atoms with van der Waals surface area (Å²) in [5, 5.41) is 1.16. The van der Waals surface area contributed by atoms with Gasteiger partial charge in [-0.25, -0.2) is 4.39 Å². The van der Waals surface area contributed by atoms with Crippen LogP contribution in [0.15, 0.2) is 60.8 Å². The molecule has 2 atom stereocenters. The Kier molecular flexibility index (Phi) is 4.00. The highest BCUT2D eigenvalue weighted by atomic mass is 19.1. The van der Waals surface area contributed by atoms with Gasteiger partial charge in [-0.1, -0.05) is 36.4 Å². The van der Waals surface area contributed by atoms with Crippen molar-refractivity contribution < 1.29 is 4.39 Å². The maximum absolute atomic E-state index is 13.1. The van der Waals surface area contributed by atoms with E-state index in [1.54, 1.807) is 0 Å². The molecule has 2 aromatic carbocycles. The average Bonchev–Trinajstić information content (AvgIpc) is 2.96. The van der Waals surface area contributed by atoms with Crippen LogP contribution in [0.3, 0.4) is 0 Å². The van der Waals surface area contributed by atoms with Gasteiger partial charge in [0.2, 0.25) is 0 Å². The number of hydrogen-bond acceptors (Lipinski definition) is 3. The number of rotatable bonds is 3. The highest BCUT2D eigenvalue weighted by Crippen LogP contribution is 2.28. The van der Waals surface area contributed by atoms with Gasteiger partial charge in [0.15, 0.2) is 0 Å². The molecule has 1 aliphatic heterocycles. The van der Waals surface area contributed by atoms with E-state index in [0.29, 0.717) is 0 Å². The number of aromatic nitrogens is 1. The first-order chi connectivity index (χ1) is 11.7. The molecule has 3 aromatic rings. The Balaban J connectivity index is 1.55. The maximum Gasteiger partial charge on any atom is 0.123 e. The number of nitrogens with zero attached hydrogens (tertiary/aromatic N) is 2. The lowest BCUT2D eigenvalue weighted by molar-refractivity contribution is 0.325. The molecule has 0 spiro atoms. The van der Waals surface area contributed by atoms with Crippen LogP contribution in [0.1, 0.15) is 17.0 Å². The molecule has 3 nitrogen and oxygen atoms in total. The second kappa shape index (κ2) is 6.30. The number of fused-ring (bicyclic) bond motifs is 1. The molecular weight excluding hydrogens is 301 g/mol. The predicted octanol–water partition coefficient (Wildman–Crippen LogP) is 3.30. The van der Waals surface area contributed by atoms with Crippen LogP contribution in [-0.2, 0) is 6.54 Å². The van der Waals surface area contributed by atoms with Crippen molar-refractivity contribution in [2.75, 3.05) is 13.1 Å². The third-order valence-corrected chi connectivity index (χ3v) is 4.85. The quantitative estimate of drug-likeness (QED) is 0.805. The molecule has 24 heavy (non-hydrogen) atoms. The van der Waals surface area contributed by atoms with Gasteiger partial charge >= 0.3 is 0 Å². The zero-order valence-corrected chi connectivity index (χ0v) is 13.4. The predicted molar refractivity (Wildman–Crippen MR) is 94.1 cm³/mol. The minimum absolute atomic E-state index is 0.0680. The van der Waals surface area contributed by atoms with Crippen molar-refractivity contribution >= 4 is 10.9 Å². The van der Waals surface area contributed by atoms with Crippen molar-refractivity contribution in [3.8, 4) is 0 Å². The van der Waals surface area contributed by atoms with E-state index in [4.69, 9.17) is 5.73 Å². The molecule has 0 bridgehead atoms. The van der Waals surface area contributed by atoms with E-state index < -0.39 is 0 Å². The van der Waals surface area contributed by atoms with Crippen LogP contribution in [0.5, 0.6) is 0 Å². The third kappa shape index (κ3) is 2.90. The highest BCUT2D eigenvalue weighted by molar-refractivity contribution is 5.81. The summed E-state index contributed by atoms with van der Waals surface area (Å²) in [6, 6.07) is 17.1. The van der Waals surface area contributed by atoms with Crippen LogP contribution in [0.2, 0.25) is 0 Å². The Morgan fingerprint density at radius 2 is 1.83 bits per heavy atom. The van der Waals surface area contributed by atoms with Crippen LogP contribution in [0.4, 0.5) is 4.39 Å². The lowest BCUT2D eigenvalue weighted by Gasteiger charge is -2.17. The minimum atomic E-state index is -0.205. The molecule has 0 unspecified atom stereocenters. The molecular formula is C20H20FN3. The number of likely N-dealkylation sites (tertiary alicyclic amines) is 1. The summed E-state index contributed by atoms with van der Waals surface area (Å²) >= 11 is 0. The van der Waals surface area contributed by atoms with Crippen LogP contribution < -0.4 is 5.73 Å². The Morgan fingerprint density at radius 1 is 1.04 bits per heavy atom. The van der Waals surface area contributed by atoms with Gasteiger partial charge in [-0.3, -0.25) is 9.88 Å². The van der Waals surface area contributed by atoms with Crippen LogP contribution in [0.25, 0.3) is 10.9 Å². The van der Waals surface area contributed by atoms with Gasteiger partial charge in [0.1, 0.15) is 5.82 Å². The van der Waals surface area contributed by atoms with Crippen molar-refractivity contribution in [2.24, 2.45) is 5.73 Å². The molecule has 2 heterocycles. The molecule has 0 radical (unpaired) electrons. The highest BCUT2D eigenvalue weighted by Gasteiger charge is 2.31. The fraction of sp³-hybridized carbons (Fsp3) is 0.250. The van der Waals surface area contributed by atoms with Crippen LogP contribution in [-0.4, -0.2) is 29.0 Å². The summed E-state index contributed by atoms with van der Waals surface area (Å²) in [6.07, 6.45) is 1.84. The Hall–Kier alpha value is -2.30. The minimum Gasteiger partial charge on any atom is -0.326 e. The summed E-state index contributed by atoms with van der Waals surface area (Å²) < 4.78 is 13.1. The zero-order chi connectivity index (χ0) is 16.5. The van der Waals surface area contributed by atoms with Crippen LogP contribution >= 0.6 is 0 Å². The van der Waals surface area contributed by atoms with E-state index in [-0.39, 0.29) is 17.8 Å². The molecule has 0 aliphatic carbocycles. The number of nitrogens with two attached hydrogens (primary N) is 1. The molecule has 1 aliphatic rings. The van der Waals surface area contributed by atoms with Gasteiger partial charge < -0.3 is 5.73 Å². The molecule has 4 heteroatoms. The summed E-state index contributed by atoms with van der Waals surface area (Å²) in [5.41, 5.74) is 9.74. The van der Waals surface area contributed by atoms with E-state index in [1.807, 2.05) is 24.4 Å². The van der Waals surface area contributed by atoms with Gasteiger partial charge in [0.25, 0.3) is 0 Å². The summed E-state index contributed by atoms with van der Waals surface area (Å²) in [7, 11) is 0. The summed E-state index contributed by atoms with van der Waals surface area (Å²) in [5.74, 6) is 0.0394. The Bertz CT molecular complexity index is 842. The number of para-hydroxylation sites is 1. The molecule has 0 amide bonds. The maximum atomic E-state index is 13.1. The van der Waals surface area contributed by atoms with Gasteiger partial charge in [-0.15, -0.1) is 0 Å². The van der Waals surface area contributed by atoms with Gasteiger partial charge in [0, 0.05) is 43.2 Å². The second-order valence-corrected chi connectivity index (χ2v) is 6.51.